The number of alkyl halides is 1. The van der Waals surface area contributed by atoms with Crippen LogP contribution < -0.4 is 20.5 Å². The molecule has 0 saturated heterocycles. The van der Waals surface area contributed by atoms with Gasteiger partial charge in [0.05, 0.1) is 7.11 Å². The summed E-state index contributed by atoms with van der Waals surface area (Å²) in [6.07, 6.45) is 2.83. The molecular formula is C12H14FNO. The zero-order valence-electron chi connectivity index (χ0n) is 8.72. The summed E-state index contributed by atoms with van der Waals surface area (Å²) >= 11 is 0. The largest absolute Gasteiger partial charge is 0.496 e. The van der Waals surface area contributed by atoms with E-state index >= 15 is 0 Å². The van der Waals surface area contributed by atoms with Gasteiger partial charge in [0.2, 0.25) is 0 Å². The summed E-state index contributed by atoms with van der Waals surface area (Å²) in [6.45, 7) is 3.89. The second-order valence-corrected chi connectivity index (χ2v) is 3.78. The minimum Gasteiger partial charge on any atom is -0.496 e. The monoisotopic (exact) mass is 207 g/mol. The molecule has 1 saturated carbocycles. The molecule has 0 aromatic heterocycles. The Morgan fingerprint density at radius 1 is 1.53 bits per heavy atom. The molecule has 3 heteroatoms. The molecule has 0 amide bonds. The number of halogens is 1. The lowest BCUT2D eigenvalue weighted by atomic mass is 10.2. The minimum atomic E-state index is -1.19. The van der Waals surface area contributed by atoms with Crippen LogP contribution in [0.3, 0.4) is 0 Å². The van der Waals surface area contributed by atoms with Gasteiger partial charge < -0.3 is 10.1 Å². The van der Waals surface area contributed by atoms with Gasteiger partial charge in [-0.15, -0.1) is 0 Å². The van der Waals surface area contributed by atoms with Crippen LogP contribution >= 0.6 is 0 Å². The molecule has 1 aliphatic rings. The van der Waals surface area contributed by atoms with Crippen LogP contribution in [0.2, 0.25) is 0 Å². The summed E-state index contributed by atoms with van der Waals surface area (Å²) in [6, 6.07) is 5.57. The fourth-order valence-electron chi connectivity index (χ4n) is 1.37. The van der Waals surface area contributed by atoms with Crippen molar-refractivity contribution in [1.82, 2.24) is 5.32 Å². The molecule has 2 rings (SSSR count). The maximum Gasteiger partial charge on any atom is 0.180 e. The Kier molecular flexibility index (Phi) is 2.39. The average molecular weight is 207 g/mol. The van der Waals surface area contributed by atoms with Crippen molar-refractivity contribution in [3.05, 3.63) is 28.6 Å². The maximum absolute atomic E-state index is 13.3. The molecule has 0 bridgehead atoms. The molecule has 0 atom stereocenters. The van der Waals surface area contributed by atoms with Crippen molar-refractivity contribution in [2.75, 3.05) is 7.11 Å². The molecule has 1 N–H and O–H groups in total. The van der Waals surface area contributed by atoms with Crippen LogP contribution in [0.1, 0.15) is 12.8 Å². The third-order valence-corrected chi connectivity index (χ3v) is 2.56. The summed E-state index contributed by atoms with van der Waals surface area (Å²) in [5.74, 6) is -0.468. The minimum absolute atomic E-state index is 0.583. The van der Waals surface area contributed by atoms with Crippen LogP contribution in [0.4, 0.5) is 4.39 Å². The van der Waals surface area contributed by atoms with Crippen molar-refractivity contribution in [2.45, 2.75) is 18.6 Å². The summed E-state index contributed by atoms with van der Waals surface area (Å²) < 4.78 is 18.4. The van der Waals surface area contributed by atoms with E-state index in [9.17, 15) is 4.39 Å². The van der Waals surface area contributed by atoms with E-state index in [0.717, 1.165) is 10.4 Å². The normalized spacial score (nSPS) is 18.7. The fourth-order valence-corrected chi connectivity index (χ4v) is 1.37. The molecule has 0 unspecified atom stereocenters. The molecule has 0 spiro atoms. The first kappa shape index (κ1) is 10.0. The van der Waals surface area contributed by atoms with E-state index in [1.165, 1.54) is 0 Å². The third-order valence-electron chi connectivity index (χ3n) is 2.56. The summed E-state index contributed by atoms with van der Waals surface area (Å²) in [5, 5.41) is 4.39. The SMILES string of the molecule is C=c1c(OC)ccc/c1=C/NC1(F)CC1. The number of rotatable bonds is 3. The molecule has 0 aliphatic heterocycles. The van der Waals surface area contributed by atoms with E-state index in [-0.39, 0.29) is 0 Å². The van der Waals surface area contributed by atoms with Crippen LogP contribution in [0.15, 0.2) is 18.2 Å². The van der Waals surface area contributed by atoms with Crippen molar-refractivity contribution in [3.63, 3.8) is 0 Å². The zero-order valence-corrected chi connectivity index (χ0v) is 8.72. The quantitative estimate of drug-likeness (QED) is 0.743. The van der Waals surface area contributed by atoms with Crippen molar-refractivity contribution in [1.29, 1.82) is 0 Å². The second kappa shape index (κ2) is 3.57. The Bertz CT molecular complexity index is 465. The molecule has 15 heavy (non-hydrogen) atoms. The Labute approximate surface area is 88.1 Å². The molecule has 80 valence electrons. The van der Waals surface area contributed by atoms with Crippen LogP contribution in [-0.4, -0.2) is 12.9 Å². The van der Waals surface area contributed by atoms with Crippen molar-refractivity contribution in [2.24, 2.45) is 0 Å². The number of hydrogen-bond donors (Lipinski definition) is 1. The fraction of sp³-hybridized carbons (Fsp3) is 0.333. The van der Waals surface area contributed by atoms with Crippen LogP contribution in [0, 0.1) is 0 Å². The summed E-state index contributed by atoms with van der Waals surface area (Å²) in [4.78, 5) is 0. The first-order chi connectivity index (χ1) is 7.14. The lowest BCUT2D eigenvalue weighted by molar-refractivity contribution is 0.284. The first-order valence-electron chi connectivity index (χ1n) is 4.93. The number of ether oxygens (including phenoxy) is 1. The number of hydrogen-bond acceptors (Lipinski definition) is 2. The Balaban J connectivity index is 2.31. The lowest BCUT2D eigenvalue weighted by Crippen LogP contribution is -2.30. The van der Waals surface area contributed by atoms with Gasteiger partial charge in [-0.25, -0.2) is 4.39 Å². The van der Waals surface area contributed by atoms with Gasteiger partial charge in [-0.05, 0) is 6.07 Å². The second-order valence-electron chi connectivity index (χ2n) is 3.78. The molecule has 1 aromatic carbocycles. The smallest absolute Gasteiger partial charge is 0.180 e. The van der Waals surface area contributed by atoms with Crippen LogP contribution in [-0.2, 0) is 0 Å². The van der Waals surface area contributed by atoms with Gasteiger partial charge >= 0.3 is 0 Å². The van der Waals surface area contributed by atoms with Gasteiger partial charge in [-0.1, -0.05) is 18.7 Å². The molecule has 2 nitrogen and oxygen atoms in total. The average Bonchev–Trinajstić information content (AvgIpc) is 2.96. The molecule has 0 radical (unpaired) electrons. The van der Waals surface area contributed by atoms with E-state index in [0.29, 0.717) is 18.6 Å². The van der Waals surface area contributed by atoms with Gasteiger partial charge in [-0.3, -0.25) is 0 Å². The highest BCUT2D eigenvalue weighted by Crippen LogP contribution is 2.36. The summed E-state index contributed by atoms with van der Waals surface area (Å²) in [7, 11) is 1.60. The molecule has 0 heterocycles. The molecule has 1 fully saturated rings. The lowest BCUT2D eigenvalue weighted by Gasteiger charge is -2.04. The Morgan fingerprint density at radius 3 is 2.87 bits per heavy atom. The number of nitrogens with one attached hydrogen (secondary N) is 1. The van der Waals surface area contributed by atoms with Crippen LogP contribution in [0.25, 0.3) is 12.8 Å². The predicted molar refractivity (Wildman–Crippen MR) is 58.4 cm³/mol. The molecular weight excluding hydrogens is 193 g/mol. The van der Waals surface area contributed by atoms with E-state index < -0.39 is 5.79 Å². The van der Waals surface area contributed by atoms with Gasteiger partial charge in [0.1, 0.15) is 5.75 Å². The highest BCUT2D eigenvalue weighted by atomic mass is 19.1. The zero-order chi connectivity index (χ0) is 10.9. The van der Waals surface area contributed by atoms with Gasteiger partial charge in [0.15, 0.2) is 5.79 Å². The summed E-state index contributed by atoms with van der Waals surface area (Å²) in [5.41, 5.74) is 0. The topological polar surface area (TPSA) is 21.3 Å². The van der Waals surface area contributed by atoms with E-state index in [4.69, 9.17) is 4.74 Å². The highest BCUT2D eigenvalue weighted by molar-refractivity contribution is 5.34. The van der Waals surface area contributed by atoms with Crippen molar-refractivity contribution >= 4 is 12.8 Å². The molecule has 1 aromatic rings. The van der Waals surface area contributed by atoms with Crippen molar-refractivity contribution in [3.8, 4) is 5.75 Å². The van der Waals surface area contributed by atoms with E-state index in [1.807, 2.05) is 18.2 Å². The standard InChI is InChI=1S/C12H14FNO/c1-9-10(4-3-5-11(9)15-2)8-14-12(13)6-7-12/h3-5,8,14H,1,6-7H2,2H3/b10-8-. The van der Waals surface area contributed by atoms with E-state index in [1.54, 1.807) is 13.3 Å². The first-order valence-corrected chi connectivity index (χ1v) is 4.93. The van der Waals surface area contributed by atoms with Gasteiger partial charge in [-0.2, -0.15) is 0 Å². The van der Waals surface area contributed by atoms with Crippen LogP contribution in [0.5, 0.6) is 5.75 Å². The highest BCUT2D eigenvalue weighted by Gasteiger charge is 2.42. The van der Waals surface area contributed by atoms with E-state index in [2.05, 4.69) is 11.9 Å². The predicted octanol–water partition coefficient (Wildman–Crippen LogP) is 0.893. The van der Waals surface area contributed by atoms with Crippen molar-refractivity contribution < 1.29 is 9.13 Å². The number of benzene rings is 1. The van der Waals surface area contributed by atoms with Gasteiger partial charge in [0.25, 0.3) is 0 Å². The molecule has 1 aliphatic carbocycles. The Morgan fingerprint density at radius 2 is 2.27 bits per heavy atom. The Hall–Kier alpha value is -1.51. The third kappa shape index (κ3) is 2.12. The maximum atomic E-state index is 13.3. The van der Waals surface area contributed by atoms with Gasteiger partial charge in [0, 0.05) is 29.5 Å². The number of methoxy groups -OCH3 is 1.